The normalized spacial score (nSPS) is 13.0. The number of aromatic nitrogens is 8. The zero-order chi connectivity index (χ0) is 94.6. The van der Waals surface area contributed by atoms with Gasteiger partial charge in [0.05, 0.1) is 78.7 Å². The molecule has 4 aliphatic heterocycles. The van der Waals surface area contributed by atoms with Crippen LogP contribution in [0.4, 0.5) is 17.1 Å². The standard InChI is InChI=1S/C124H139N9/c1-30-39-40-41-42-85-43-49-88(50-44-85)133(89-51-45-86(46-52-89)107-121-95(35-6)81(26)117(129-121)109(103-69(14)55-65(10)56-70(103)15)113-77(22)91(31-2)99(125-113)63-100-92(32-3)78(23)114(126-100)110(104-71(16)57-66(11)58-72(104)17)118-82(27)96(36-7)122(107)130-118)90-53-47-87(48-54-90)108-123-97(37-8)83(28)119(131-123)111(105-73(18)59-67(12)60-74(105)19)115-79(24)93(33-4)101(127-115)64-102-94(34-5)80(25)116(128-102)112(106-75(20)61-68(13)62-76(106)21)120-84(29)98(38-9)124(108)132-120/h43-64,125,127,130,132H,30-42H2,1-29H3. The third-order valence-electron chi connectivity index (χ3n) is 30.3. The fourth-order valence-corrected chi connectivity index (χ4v) is 24.2. The number of H-pyrrole nitrogens is 4. The van der Waals surface area contributed by atoms with Crippen LogP contribution in [0.1, 0.15) is 304 Å². The molecule has 4 aliphatic rings. The van der Waals surface area contributed by atoms with Crippen LogP contribution in [0.15, 0.2) is 133 Å². The molecule has 0 spiro atoms. The van der Waals surface area contributed by atoms with Gasteiger partial charge in [-0.15, -0.1) is 0 Å². The number of aryl methyl sites for hydroxylation is 21. The van der Waals surface area contributed by atoms with Gasteiger partial charge < -0.3 is 24.8 Å². The van der Waals surface area contributed by atoms with Crippen LogP contribution in [0.5, 0.6) is 0 Å². The van der Waals surface area contributed by atoms with E-state index in [1.165, 1.54) is 203 Å². The maximum Gasteiger partial charge on any atom is 0.0771 e. The van der Waals surface area contributed by atoms with Gasteiger partial charge in [-0.3, -0.25) is 0 Å². The number of benzene rings is 7. The third-order valence-corrected chi connectivity index (χ3v) is 30.3. The number of nitrogens with one attached hydrogen (secondary N) is 4. The van der Waals surface area contributed by atoms with Crippen LogP contribution in [0.3, 0.4) is 0 Å². The minimum absolute atomic E-state index is 0.770. The van der Waals surface area contributed by atoms with Crippen LogP contribution >= 0.6 is 0 Å². The molecule has 0 radical (unpaired) electrons. The summed E-state index contributed by atoms with van der Waals surface area (Å²) in [6, 6.07) is 52.2. The van der Waals surface area contributed by atoms with Gasteiger partial charge in [0.15, 0.2) is 0 Å². The van der Waals surface area contributed by atoms with E-state index in [2.05, 4.69) is 359 Å². The first-order valence-electron chi connectivity index (χ1n) is 49.7. The van der Waals surface area contributed by atoms with Crippen molar-refractivity contribution in [3.63, 3.8) is 0 Å². The number of fused-ring (bicyclic) bond motifs is 16. The topological polar surface area (TPSA) is 118 Å². The van der Waals surface area contributed by atoms with E-state index < -0.39 is 0 Å². The Bertz CT molecular complexity index is 6880. The van der Waals surface area contributed by atoms with E-state index in [0.717, 1.165) is 215 Å². The molecule has 13 aromatic rings. The van der Waals surface area contributed by atoms with Gasteiger partial charge >= 0.3 is 0 Å². The van der Waals surface area contributed by atoms with Crippen molar-refractivity contribution in [2.24, 2.45) is 0 Å². The number of nitrogens with zero attached hydrogens (tertiary/aromatic N) is 5. The lowest BCUT2D eigenvalue weighted by molar-refractivity contribution is 0.667. The van der Waals surface area contributed by atoms with Crippen LogP contribution < -0.4 is 4.90 Å². The molecule has 133 heavy (non-hydrogen) atoms. The zero-order valence-corrected chi connectivity index (χ0v) is 85.1. The average Bonchev–Trinajstić information content (AvgIpc) is 1.57. The molecule has 0 saturated carbocycles. The highest BCUT2D eigenvalue weighted by molar-refractivity contribution is 6.11. The molecule has 0 aliphatic carbocycles. The van der Waals surface area contributed by atoms with E-state index >= 15 is 0 Å². The lowest BCUT2D eigenvalue weighted by Gasteiger charge is -2.26. The zero-order valence-electron chi connectivity index (χ0n) is 85.1. The fourth-order valence-electron chi connectivity index (χ4n) is 24.2. The summed E-state index contributed by atoms with van der Waals surface area (Å²) in [5.41, 5.74) is 69.9. The molecule has 0 amide bonds. The molecule has 10 heterocycles. The van der Waals surface area contributed by atoms with Crippen molar-refractivity contribution in [2.75, 3.05) is 4.90 Å². The predicted molar refractivity (Wildman–Crippen MR) is 575 cm³/mol. The Morgan fingerprint density at radius 1 is 0.241 bits per heavy atom. The molecule has 9 nitrogen and oxygen atoms in total. The number of anilines is 3. The summed E-state index contributed by atoms with van der Waals surface area (Å²) in [4.78, 5) is 44.2. The Balaban J connectivity index is 0.972. The van der Waals surface area contributed by atoms with Crippen molar-refractivity contribution in [1.29, 1.82) is 0 Å². The lowest BCUT2D eigenvalue weighted by atomic mass is 9.89. The second kappa shape index (κ2) is 36.8. The van der Waals surface area contributed by atoms with Gasteiger partial charge in [0, 0.05) is 61.5 Å². The molecule has 16 bridgehead atoms. The van der Waals surface area contributed by atoms with E-state index in [1.807, 2.05) is 0 Å². The highest BCUT2D eigenvalue weighted by Gasteiger charge is 2.35. The van der Waals surface area contributed by atoms with Gasteiger partial charge in [-0.2, -0.15) is 0 Å². The van der Waals surface area contributed by atoms with Crippen LogP contribution in [-0.4, -0.2) is 39.9 Å². The van der Waals surface area contributed by atoms with Gasteiger partial charge in [0.1, 0.15) is 0 Å². The maximum atomic E-state index is 6.30. The SMILES string of the molecule is CCCCCCc1ccc(N(c2ccc(-c3c4nc(c(-c5c(C)cc(C)cc5C)c5[nH]c(cc6nc(c(-c7c(C)cc(C)cc7C)c7[nH]c3c(CC)c7C)C(C)=C6CC)c(CC)c5C)C(C)=C4CC)cc2)c2ccc(-c3c4nc(c(-c5c(C)cc(C)cc5C)c5[nH]c(cc6nc(c(-c7c(C)cc(C)cc7C)c7[nH]c3c(CC)c7C)C(C)=C6CC)c(CC)c5C)C(C)=C4CC)cc2)cc1. The Kier molecular flexibility index (Phi) is 25.6. The molecule has 0 saturated heterocycles. The summed E-state index contributed by atoms with van der Waals surface area (Å²) in [6.07, 6.45) is 12.3. The smallest absolute Gasteiger partial charge is 0.0771 e. The monoisotopic (exact) mass is 1750 g/mol. The third kappa shape index (κ3) is 15.8. The lowest BCUT2D eigenvalue weighted by Crippen LogP contribution is -2.10. The fraction of sp³-hybridized carbons (Fsp3) is 0.339. The van der Waals surface area contributed by atoms with E-state index in [9.17, 15) is 0 Å². The molecule has 6 aromatic heterocycles. The molecule has 17 rings (SSSR count). The van der Waals surface area contributed by atoms with Gasteiger partial charge in [0.25, 0.3) is 0 Å². The van der Waals surface area contributed by atoms with Crippen LogP contribution in [0, 0.1) is 111 Å². The van der Waals surface area contributed by atoms with Crippen LogP contribution in [0.2, 0.25) is 0 Å². The van der Waals surface area contributed by atoms with Gasteiger partial charge in [-0.25, -0.2) is 19.9 Å². The molecule has 9 heteroatoms. The van der Waals surface area contributed by atoms with Gasteiger partial charge in [-0.1, -0.05) is 189 Å². The summed E-state index contributed by atoms with van der Waals surface area (Å²) in [6.45, 7) is 66.9. The summed E-state index contributed by atoms with van der Waals surface area (Å²) in [5.74, 6) is 0. The van der Waals surface area contributed by atoms with E-state index in [-0.39, 0.29) is 0 Å². The highest BCUT2D eigenvalue weighted by atomic mass is 15.1. The van der Waals surface area contributed by atoms with Crippen molar-refractivity contribution in [2.45, 2.75) is 284 Å². The summed E-state index contributed by atoms with van der Waals surface area (Å²) in [7, 11) is 0. The minimum Gasteiger partial charge on any atom is -0.354 e. The average molecular weight is 1760 g/mol. The molecule has 0 fully saturated rings. The van der Waals surface area contributed by atoms with Gasteiger partial charge in [0.2, 0.25) is 0 Å². The second-order valence-electron chi connectivity index (χ2n) is 39.1. The number of hydrogen-bond donors (Lipinski definition) is 4. The second-order valence-corrected chi connectivity index (χ2v) is 39.1. The molecule has 4 N–H and O–H groups in total. The molecule has 680 valence electrons. The van der Waals surface area contributed by atoms with Crippen molar-refractivity contribution in [3.05, 3.63) is 296 Å². The van der Waals surface area contributed by atoms with E-state index in [1.54, 1.807) is 0 Å². The summed E-state index contributed by atoms with van der Waals surface area (Å²) in [5, 5.41) is 0. The molecular formula is C124H139N9. The van der Waals surface area contributed by atoms with Crippen molar-refractivity contribution >= 4 is 106 Å². The predicted octanol–water partition coefficient (Wildman–Crippen LogP) is 35.1. The quantitative estimate of drug-likeness (QED) is 0.0504. The molecule has 7 aromatic carbocycles. The summed E-state index contributed by atoms with van der Waals surface area (Å²) >= 11 is 0. The maximum absolute atomic E-state index is 6.30. The Morgan fingerprint density at radius 2 is 0.519 bits per heavy atom. The number of aromatic amines is 4. The molecule has 0 unspecified atom stereocenters. The first-order chi connectivity index (χ1) is 63.8. The van der Waals surface area contributed by atoms with E-state index in [0.29, 0.717) is 0 Å². The first-order valence-corrected chi connectivity index (χ1v) is 49.7. The van der Waals surface area contributed by atoms with Crippen molar-refractivity contribution < 1.29 is 0 Å². The molecular weight excluding hydrogens is 1620 g/mol. The molecule has 0 atom stereocenters. The van der Waals surface area contributed by atoms with E-state index in [4.69, 9.17) is 19.9 Å². The first kappa shape index (κ1) is 92.4. The van der Waals surface area contributed by atoms with Crippen LogP contribution in [0.25, 0.3) is 155 Å². The van der Waals surface area contributed by atoms with Crippen molar-refractivity contribution in [3.8, 4) is 66.8 Å². The largest absolute Gasteiger partial charge is 0.354 e. The number of allylic oxidation sites excluding steroid dienone is 8. The van der Waals surface area contributed by atoms with Crippen molar-refractivity contribution in [1.82, 2.24) is 39.9 Å². The van der Waals surface area contributed by atoms with Crippen LogP contribution in [-0.2, 0) is 32.1 Å². The number of hydrogen-bond acceptors (Lipinski definition) is 5. The minimum atomic E-state index is 0.770. The summed E-state index contributed by atoms with van der Waals surface area (Å²) < 4.78 is 0. The number of rotatable bonds is 22. The Labute approximate surface area is 792 Å². The van der Waals surface area contributed by atoms with Gasteiger partial charge in [-0.05, 0) is 424 Å². The Morgan fingerprint density at radius 3 is 0.812 bits per heavy atom. The number of unbranched alkanes of at least 4 members (excludes halogenated alkanes) is 3. The Hall–Kier alpha value is -12.5. The highest BCUT2D eigenvalue weighted by Crippen LogP contribution is 2.54.